The summed E-state index contributed by atoms with van der Waals surface area (Å²) in [5, 5.41) is 0. The predicted molar refractivity (Wildman–Crippen MR) is 50.3 cm³/mol. The second kappa shape index (κ2) is 3.17. The van der Waals surface area contributed by atoms with Crippen molar-refractivity contribution in [3.63, 3.8) is 0 Å². The van der Waals surface area contributed by atoms with E-state index in [0.29, 0.717) is 13.2 Å². The number of hydrogen-bond donors (Lipinski definition) is 0. The Kier molecular flexibility index (Phi) is 2.34. The maximum absolute atomic E-state index is 5.92. The van der Waals surface area contributed by atoms with Crippen molar-refractivity contribution in [2.24, 2.45) is 0 Å². The summed E-state index contributed by atoms with van der Waals surface area (Å²) in [6.45, 7) is 5.12. The Morgan fingerprint density at radius 2 is 2.14 bits per heavy atom. The van der Waals surface area contributed by atoms with Gasteiger partial charge in [0.25, 0.3) is 0 Å². The summed E-state index contributed by atoms with van der Waals surface area (Å²) in [5.41, 5.74) is -0.816. The van der Waals surface area contributed by atoms with Gasteiger partial charge in [-0.2, -0.15) is 0 Å². The molecule has 0 unspecified atom stereocenters. The van der Waals surface area contributed by atoms with Gasteiger partial charge in [-0.3, -0.25) is 0 Å². The largest absolute Gasteiger partial charge is 0.381 e. The number of hydrogen-bond acceptors (Lipinski definition) is 4. The minimum atomic E-state index is -0.430. The van der Waals surface area contributed by atoms with Crippen LogP contribution in [-0.2, 0) is 18.9 Å². The molecule has 82 valence electrons. The average molecular weight is 202 g/mol. The topological polar surface area (TPSA) is 36.9 Å². The Balaban J connectivity index is 2.31. The molecule has 4 heteroatoms. The van der Waals surface area contributed by atoms with E-state index in [1.54, 1.807) is 14.2 Å². The molecule has 0 saturated carbocycles. The molecule has 2 bridgehead atoms. The van der Waals surface area contributed by atoms with E-state index in [1.807, 2.05) is 13.8 Å². The fourth-order valence-electron chi connectivity index (χ4n) is 2.69. The lowest BCUT2D eigenvalue weighted by molar-refractivity contribution is -0.172. The Hall–Kier alpha value is -0.160. The van der Waals surface area contributed by atoms with Gasteiger partial charge < -0.3 is 18.9 Å². The molecule has 0 aromatic carbocycles. The van der Waals surface area contributed by atoms with Crippen molar-refractivity contribution in [3.8, 4) is 0 Å². The quantitative estimate of drug-likeness (QED) is 0.671. The maximum Gasteiger partial charge on any atom is 0.146 e. The molecule has 2 aliphatic rings. The van der Waals surface area contributed by atoms with E-state index in [-0.39, 0.29) is 17.8 Å². The van der Waals surface area contributed by atoms with Crippen LogP contribution in [0.5, 0.6) is 0 Å². The van der Waals surface area contributed by atoms with Crippen molar-refractivity contribution in [1.82, 2.24) is 0 Å². The van der Waals surface area contributed by atoms with Crippen molar-refractivity contribution in [2.75, 3.05) is 27.4 Å². The van der Waals surface area contributed by atoms with Crippen LogP contribution in [0.4, 0.5) is 0 Å². The molecule has 0 N–H and O–H groups in total. The van der Waals surface area contributed by atoms with Crippen LogP contribution in [0.15, 0.2) is 0 Å². The lowest BCUT2D eigenvalue weighted by Crippen LogP contribution is -2.54. The van der Waals surface area contributed by atoms with Crippen molar-refractivity contribution < 1.29 is 18.9 Å². The van der Waals surface area contributed by atoms with E-state index in [9.17, 15) is 0 Å². The first-order valence-electron chi connectivity index (χ1n) is 4.93. The van der Waals surface area contributed by atoms with E-state index in [1.165, 1.54) is 0 Å². The molecule has 0 amide bonds. The normalized spacial score (nSPS) is 51.4. The third-order valence-electron chi connectivity index (χ3n) is 3.58. The third-order valence-corrected chi connectivity index (χ3v) is 3.58. The van der Waals surface area contributed by atoms with Crippen molar-refractivity contribution in [2.45, 2.75) is 37.3 Å². The Labute approximate surface area is 84.5 Å². The van der Waals surface area contributed by atoms with E-state index in [0.717, 1.165) is 0 Å². The van der Waals surface area contributed by atoms with Crippen molar-refractivity contribution in [3.05, 3.63) is 0 Å². The number of ether oxygens (including phenoxy) is 4. The van der Waals surface area contributed by atoms with Gasteiger partial charge in [0.15, 0.2) is 0 Å². The van der Waals surface area contributed by atoms with Crippen LogP contribution in [0.1, 0.15) is 13.8 Å². The van der Waals surface area contributed by atoms with Gasteiger partial charge in [-0.25, -0.2) is 0 Å². The second-order valence-electron chi connectivity index (χ2n) is 4.29. The maximum atomic E-state index is 5.92. The molecule has 4 atom stereocenters. The molecule has 4 nitrogen and oxygen atoms in total. The van der Waals surface area contributed by atoms with Crippen LogP contribution in [0.3, 0.4) is 0 Å². The van der Waals surface area contributed by atoms with Crippen LogP contribution >= 0.6 is 0 Å². The SMILES string of the molecule is COC[C@]12CO[C@H]([C@H](C)O1)[C@@]2(C)OC. The van der Waals surface area contributed by atoms with E-state index >= 15 is 0 Å². The van der Waals surface area contributed by atoms with E-state index in [2.05, 4.69) is 0 Å². The molecule has 2 fully saturated rings. The first kappa shape index (κ1) is 10.4. The summed E-state index contributed by atoms with van der Waals surface area (Å²) in [7, 11) is 3.37. The summed E-state index contributed by atoms with van der Waals surface area (Å²) in [4.78, 5) is 0. The molecular weight excluding hydrogens is 184 g/mol. The van der Waals surface area contributed by atoms with E-state index in [4.69, 9.17) is 18.9 Å². The Bertz CT molecular complexity index is 232. The van der Waals surface area contributed by atoms with Crippen LogP contribution in [-0.4, -0.2) is 50.8 Å². The molecule has 0 aromatic rings. The average Bonchev–Trinajstić information content (AvgIpc) is 2.53. The highest BCUT2D eigenvalue weighted by Gasteiger charge is 2.68. The molecule has 0 radical (unpaired) electrons. The molecule has 2 aliphatic heterocycles. The fourth-order valence-corrected chi connectivity index (χ4v) is 2.69. The molecule has 0 aromatic heterocycles. The van der Waals surface area contributed by atoms with Gasteiger partial charge in [0.05, 0.1) is 19.3 Å². The zero-order valence-electron chi connectivity index (χ0n) is 9.20. The van der Waals surface area contributed by atoms with Crippen molar-refractivity contribution in [1.29, 1.82) is 0 Å². The summed E-state index contributed by atoms with van der Waals surface area (Å²) in [6, 6.07) is 0. The smallest absolute Gasteiger partial charge is 0.146 e. The Morgan fingerprint density at radius 1 is 1.43 bits per heavy atom. The molecule has 2 saturated heterocycles. The molecular formula is C10H18O4. The van der Waals surface area contributed by atoms with Crippen molar-refractivity contribution >= 4 is 0 Å². The molecule has 2 heterocycles. The zero-order chi connectivity index (χ0) is 10.4. The molecule has 14 heavy (non-hydrogen) atoms. The van der Waals surface area contributed by atoms with Gasteiger partial charge in [0.1, 0.15) is 17.3 Å². The number of methoxy groups -OCH3 is 2. The van der Waals surface area contributed by atoms with Crippen LogP contribution in [0.2, 0.25) is 0 Å². The first-order valence-corrected chi connectivity index (χ1v) is 4.93. The lowest BCUT2D eigenvalue weighted by Gasteiger charge is -2.35. The highest BCUT2D eigenvalue weighted by atomic mass is 16.7. The minimum absolute atomic E-state index is 0.0163. The fraction of sp³-hybridized carbons (Fsp3) is 1.00. The third kappa shape index (κ3) is 1.03. The molecule has 0 aliphatic carbocycles. The van der Waals surface area contributed by atoms with Crippen LogP contribution in [0, 0.1) is 0 Å². The molecule has 0 spiro atoms. The van der Waals surface area contributed by atoms with E-state index < -0.39 is 5.60 Å². The number of fused-ring (bicyclic) bond motifs is 2. The standard InChI is InChI=1S/C10H18O4/c1-7-8-9(2,12-4)10(14-7,5-11-3)6-13-8/h7-8H,5-6H2,1-4H3/t7-,8+,9+,10+/m0/s1. The first-order chi connectivity index (χ1) is 6.59. The summed E-state index contributed by atoms with van der Waals surface area (Å²) in [5.74, 6) is 0. The second-order valence-corrected chi connectivity index (χ2v) is 4.29. The number of rotatable bonds is 3. The van der Waals surface area contributed by atoms with Gasteiger partial charge in [-0.05, 0) is 13.8 Å². The predicted octanol–water partition coefficient (Wildman–Crippen LogP) is 0.594. The summed E-state index contributed by atoms with van der Waals surface area (Å²) in [6.07, 6.45) is 0.0894. The van der Waals surface area contributed by atoms with Gasteiger partial charge in [0, 0.05) is 14.2 Å². The van der Waals surface area contributed by atoms with Crippen LogP contribution < -0.4 is 0 Å². The monoisotopic (exact) mass is 202 g/mol. The van der Waals surface area contributed by atoms with Gasteiger partial charge >= 0.3 is 0 Å². The zero-order valence-corrected chi connectivity index (χ0v) is 9.20. The Morgan fingerprint density at radius 3 is 2.64 bits per heavy atom. The van der Waals surface area contributed by atoms with Gasteiger partial charge in [0.2, 0.25) is 0 Å². The highest BCUT2D eigenvalue weighted by molar-refractivity contribution is 5.16. The minimum Gasteiger partial charge on any atom is -0.381 e. The highest BCUT2D eigenvalue weighted by Crippen LogP contribution is 2.49. The molecule has 2 rings (SSSR count). The van der Waals surface area contributed by atoms with Gasteiger partial charge in [-0.1, -0.05) is 0 Å². The van der Waals surface area contributed by atoms with Gasteiger partial charge in [-0.15, -0.1) is 0 Å². The van der Waals surface area contributed by atoms with Crippen LogP contribution in [0.25, 0.3) is 0 Å². The summed E-state index contributed by atoms with van der Waals surface area (Å²) < 4.78 is 22.4. The summed E-state index contributed by atoms with van der Waals surface area (Å²) >= 11 is 0. The lowest BCUT2D eigenvalue weighted by atomic mass is 9.85.